The van der Waals surface area contributed by atoms with Gasteiger partial charge >= 0.3 is 0 Å². The number of Topliss-reactive ketones (excluding diaryl/α,β-unsaturated/α-hetero) is 2. The number of ketones is 2. The summed E-state index contributed by atoms with van der Waals surface area (Å²) >= 11 is 0. The van der Waals surface area contributed by atoms with Crippen LogP contribution in [-0.4, -0.2) is 36.1 Å². The molecule has 0 aliphatic rings. The highest BCUT2D eigenvalue weighted by Gasteiger charge is 2.19. The Kier molecular flexibility index (Phi) is 7.48. The molecule has 150 valence electrons. The fraction of sp³-hybridized carbons (Fsp3) is 0.174. The van der Waals surface area contributed by atoms with Crippen LogP contribution in [0.3, 0.4) is 0 Å². The van der Waals surface area contributed by atoms with Crippen molar-refractivity contribution < 1.29 is 14.4 Å². The van der Waals surface area contributed by atoms with E-state index in [-0.39, 0.29) is 12.3 Å². The van der Waals surface area contributed by atoms with Crippen LogP contribution in [0.2, 0.25) is 0 Å². The van der Waals surface area contributed by atoms with E-state index in [1.807, 2.05) is 44.3 Å². The van der Waals surface area contributed by atoms with Gasteiger partial charge in [0.05, 0.1) is 12.1 Å². The number of anilines is 1. The molecule has 0 aliphatic heterocycles. The molecule has 3 N–H and O–H groups in total. The molecule has 6 heteroatoms. The Hall–Kier alpha value is -3.67. The molecule has 2 aromatic carbocycles. The second kappa shape index (κ2) is 10.0. The number of fused-ring (bicyclic) bond motifs is 1. The number of H-pyrrole nitrogens is 1. The number of carbonyl (C=O) groups excluding carboxylic acids is 3. The molecule has 0 aliphatic carbocycles. The van der Waals surface area contributed by atoms with Crippen molar-refractivity contribution in [2.75, 3.05) is 18.9 Å². The van der Waals surface area contributed by atoms with Crippen LogP contribution in [0, 0.1) is 0 Å². The zero-order valence-corrected chi connectivity index (χ0v) is 16.8. The molecule has 3 aromatic rings. The molecule has 3 rings (SSSR count). The predicted octanol–water partition coefficient (Wildman–Crippen LogP) is 3.82. The standard InChI is InChI=1S/C13H12N2O3.C10H13N/c1-8(16)6-15-13(18)12(17)10-7-14-11-5-3-2-4-9(10)11;1-8(2)9-6-4-5-7-10(9)11-3/h2-5,7,14H,6H2,1H3,(H,15,18);4-7,11H,1H2,2-3H3. The van der Waals surface area contributed by atoms with E-state index in [2.05, 4.69) is 28.3 Å². The summed E-state index contributed by atoms with van der Waals surface area (Å²) < 4.78 is 0. The van der Waals surface area contributed by atoms with Gasteiger partial charge in [0.15, 0.2) is 0 Å². The Bertz CT molecular complexity index is 1050. The van der Waals surface area contributed by atoms with Gasteiger partial charge in [0.2, 0.25) is 0 Å². The Labute approximate surface area is 170 Å². The van der Waals surface area contributed by atoms with E-state index in [9.17, 15) is 14.4 Å². The maximum atomic E-state index is 11.9. The topological polar surface area (TPSA) is 91.1 Å². The third-order valence-corrected chi connectivity index (χ3v) is 4.19. The van der Waals surface area contributed by atoms with E-state index in [0.717, 1.165) is 16.8 Å². The Morgan fingerprint density at radius 2 is 1.62 bits per heavy atom. The van der Waals surface area contributed by atoms with Crippen LogP contribution in [0.15, 0.2) is 61.3 Å². The number of carbonyl (C=O) groups is 3. The second-order valence-electron chi connectivity index (χ2n) is 6.54. The van der Waals surface area contributed by atoms with Crippen molar-refractivity contribution in [2.24, 2.45) is 0 Å². The summed E-state index contributed by atoms with van der Waals surface area (Å²) in [6.45, 7) is 7.12. The molecule has 1 amide bonds. The van der Waals surface area contributed by atoms with Crippen LogP contribution in [-0.2, 0) is 9.59 Å². The maximum Gasteiger partial charge on any atom is 0.292 e. The third-order valence-electron chi connectivity index (χ3n) is 4.19. The molecule has 0 unspecified atom stereocenters. The molecule has 1 heterocycles. The second-order valence-corrected chi connectivity index (χ2v) is 6.54. The number of nitrogens with one attached hydrogen (secondary N) is 3. The molecule has 6 nitrogen and oxygen atoms in total. The largest absolute Gasteiger partial charge is 0.388 e. The number of allylic oxidation sites excluding steroid dienone is 1. The van der Waals surface area contributed by atoms with Crippen LogP contribution in [0.5, 0.6) is 0 Å². The number of para-hydroxylation sites is 2. The van der Waals surface area contributed by atoms with E-state index < -0.39 is 11.7 Å². The van der Waals surface area contributed by atoms with Gasteiger partial charge in [-0.1, -0.05) is 43.0 Å². The van der Waals surface area contributed by atoms with E-state index in [0.29, 0.717) is 10.9 Å². The van der Waals surface area contributed by atoms with Gasteiger partial charge in [-0.05, 0) is 37.1 Å². The molecule has 0 spiro atoms. The molecule has 0 bridgehead atoms. The quantitative estimate of drug-likeness (QED) is 0.440. The molecular weight excluding hydrogens is 366 g/mol. The van der Waals surface area contributed by atoms with Gasteiger partial charge < -0.3 is 15.6 Å². The third kappa shape index (κ3) is 5.65. The fourth-order valence-electron chi connectivity index (χ4n) is 2.74. The summed E-state index contributed by atoms with van der Waals surface area (Å²) in [6.07, 6.45) is 1.50. The number of rotatable bonds is 6. The van der Waals surface area contributed by atoms with Crippen molar-refractivity contribution in [3.8, 4) is 0 Å². The van der Waals surface area contributed by atoms with Crippen LogP contribution < -0.4 is 10.6 Å². The smallest absolute Gasteiger partial charge is 0.292 e. The molecule has 0 atom stereocenters. The number of benzene rings is 2. The average molecular weight is 391 g/mol. The average Bonchev–Trinajstić information content (AvgIpc) is 3.15. The highest BCUT2D eigenvalue weighted by Crippen LogP contribution is 2.21. The van der Waals surface area contributed by atoms with Crippen molar-refractivity contribution in [1.29, 1.82) is 0 Å². The minimum Gasteiger partial charge on any atom is -0.388 e. The van der Waals surface area contributed by atoms with Gasteiger partial charge in [-0.2, -0.15) is 0 Å². The minimum atomic E-state index is -0.769. The van der Waals surface area contributed by atoms with Crippen LogP contribution >= 0.6 is 0 Å². The molecule has 0 saturated carbocycles. The summed E-state index contributed by atoms with van der Waals surface area (Å²) in [5.74, 6) is -1.61. The molecule has 1 aromatic heterocycles. The lowest BCUT2D eigenvalue weighted by Crippen LogP contribution is -2.34. The number of amides is 1. The number of aromatic amines is 1. The first-order valence-corrected chi connectivity index (χ1v) is 9.16. The lowest BCUT2D eigenvalue weighted by Gasteiger charge is -2.06. The highest BCUT2D eigenvalue weighted by molar-refractivity contribution is 6.45. The summed E-state index contributed by atoms with van der Waals surface area (Å²) in [5.41, 5.74) is 4.52. The zero-order chi connectivity index (χ0) is 21.4. The van der Waals surface area contributed by atoms with E-state index in [4.69, 9.17) is 0 Å². The van der Waals surface area contributed by atoms with Crippen molar-refractivity contribution in [3.05, 3.63) is 72.4 Å². The SMILES string of the molecule is C=C(C)c1ccccc1NC.CC(=O)CNC(=O)C(=O)c1c[nH]c2ccccc12. The van der Waals surface area contributed by atoms with E-state index in [1.54, 1.807) is 12.1 Å². The molecule has 29 heavy (non-hydrogen) atoms. The lowest BCUT2D eigenvalue weighted by atomic mass is 10.1. The molecule has 0 fully saturated rings. The minimum absolute atomic E-state index is 0.132. The summed E-state index contributed by atoms with van der Waals surface area (Å²) in [5, 5.41) is 6.09. The monoisotopic (exact) mass is 391 g/mol. The Morgan fingerprint density at radius 1 is 0.966 bits per heavy atom. The van der Waals surface area contributed by atoms with Crippen molar-refractivity contribution in [1.82, 2.24) is 10.3 Å². The van der Waals surface area contributed by atoms with Crippen molar-refractivity contribution in [2.45, 2.75) is 13.8 Å². The molecule has 0 radical (unpaired) electrons. The lowest BCUT2D eigenvalue weighted by molar-refractivity contribution is -0.121. The van der Waals surface area contributed by atoms with Gasteiger partial charge in [-0.15, -0.1) is 0 Å². The molecule has 0 saturated heterocycles. The van der Waals surface area contributed by atoms with E-state index in [1.165, 1.54) is 18.7 Å². The predicted molar refractivity (Wildman–Crippen MR) is 117 cm³/mol. The fourth-order valence-corrected chi connectivity index (χ4v) is 2.74. The maximum absolute atomic E-state index is 11.9. The van der Waals surface area contributed by atoms with Gasteiger partial charge in [0.25, 0.3) is 11.7 Å². The normalized spacial score (nSPS) is 9.90. The van der Waals surface area contributed by atoms with Crippen molar-refractivity contribution in [3.63, 3.8) is 0 Å². The van der Waals surface area contributed by atoms with Gasteiger partial charge in [-0.3, -0.25) is 14.4 Å². The van der Waals surface area contributed by atoms with Gasteiger partial charge in [0, 0.05) is 29.8 Å². The first-order chi connectivity index (χ1) is 13.8. The van der Waals surface area contributed by atoms with Crippen LogP contribution in [0.4, 0.5) is 5.69 Å². The number of hydrogen-bond donors (Lipinski definition) is 3. The Morgan fingerprint density at radius 3 is 2.24 bits per heavy atom. The van der Waals surface area contributed by atoms with Gasteiger partial charge in [-0.25, -0.2) is 0 Å². The molecular formula is C23H25N3O3. The van der Waals surface area contributed by atoms with Crippen molar-refractivity contribution >= 4 is 39.6 Å². The summed E-state index contributed by atoms with van der Waals surface area (Å²) in [7, 11) is 1.92. The highest BCUT2D eigenvalue weighted by atomic mass is 16.2. The first kappa shape index (κ1) is 21.6. The summed E-state index contributed by atoms with van der Waals surface area (Å²) in [6, 6.07) is 15.3. The van der Waals surface area contributed by atoms with Crippen LogP contribution in [0.25, 0.3) is 16.5 Å². The summed E-state index contributed by atoms with van der Waals surface area (Å²) in [4.78, 5) is 37.1. The first-order valence-electron chi connectivity index (χ1n) is 9.16. The van der Waals surface area contributed by atoms with Gasteiger partial charge in [0.1, 0.15) is 5.78 Å². The number of aromatic nitrogens is 1. The zero-order valence-electron chi connectivity index (χ0n) is 16.8. The Balaban J connectivity index is 0.000000234. The van der Waals surface area contributed by atoms with Crippen LogP contribution in [0.1, 0.15) is 29.8 Å². The van der Waals surface area contributed by atoms with E-state index >= 15 is 0 Å². The number of hydrogen-bond acceptors (Lipinski definition) is 4.